The molecule has 0 amide bonds. The Labute approximate surface area is 234 Å². The molecule has 2 aliphatic heterocycles. The van der Waals surface area contributed by atoms with E-state index >= 15 is 0 Å². The third-order valence-electron chi connectivity index (χ3n) is 6.90. The number of hydrogen-bond acceptors (Lipinski definition) is 5. The number of ether oxygens (including phenoxy) is 1. The summed E-state index contributed by atoms with van der Waals surface area (Å²) in [5.74, 6) is 0.832. The molecule has 2 aromatic carbocycles. The molecule has 6 heteroatoms. The predicted octanol–water partition coefficient (Wildman–Crippen LogP) is 7.45. The van der Waals surface area contributed by atoms with Crippen LogP contribution in [0.25, 0.3) is 17.0 Å². The van der Waals surface area contributed by atoms with Crippen molar-refractivity contribution in [3.05, 3.63) is 96.1 Å². The molecule has 1 N–H and O–H groups in total. The van der Waals surface area contributed by atoms with Gasteiger partial charge in [0, 0.05) is 61.6 Å². The van der Waals surface area contributed by atoms with E-state index in [0.29, 0.717) is 12.3 Å². The van der Waals surface area contributed by atoms with Gasteiger partial charge in [0.05, 0.1) is 18.9 Å². The van der Waals surface area contributed by atoms with Gasteiger partial charge in [-0.25, -0.2) is 4.68 Å². The number of aromatic nitrogens is 2. The van der Waals surface area contributed by atoms with Crippen LogP contribution in [0.4, 0.5) is 5.69 Å². The summed E-state index contributed by atoms with van der Waals surface area (Å²) in [5, 5.41) is 8.49. The number of hydrogen-bond donors (Lipinski definition) is 1. The quantitative estimate of drug-likeness (QED) is 0.208. The minimum absolute atomic E-state index is 0. The van der Waals surface area contributed by atoms with Crippen LogP contribution >= 0.6 is 0 Å². The third-order valence-corrected chi connectivity index (χ3v) is 6.90. The van der Waals surface area contributed by atoms with Crippen molar-refractivity contribution in [2.24, 2.45) is 5.92 Å². The SMILES string of the molecule is C=CC(C)C.CC.CCC(=O)c1cc2c(c3c1[CH]3)C(N1CCOCC1)=CC(n1ccc(-c3ccccc3)n1)N2.[HH]. The van der Waals surface area contributed by atoms with Gasteiger partial charge in [0.2, 0.25) is 0 Å². The topological polar surface area (TPSA) is 59.4 Å². The van der Waals surface area contributed by atoms with Crippen LogP contribution in [0.2, 0.25) is 0 Å². The van der Waals surface area contributed by atoms with Gasteiger partial charge in [-0.2, -0.15) is 5.10 Å². The van der Waals surface area contributed by atoms with Gasteiger partial charge in [-0.1, -0.05) is 71.0 Å². The van der Waals surface area contributed by atoms with E-state index in [2.05, 4.69) is 55.3 Å². The van der Waals surface area contributed by atoms with Crippen molar-refractivity contribution in [1.29, 1.82) is 0 Å². The molecular formula is C33H43N4O2. The molecule has 0 bridgehead atoms. The van der Waals surface area contributed by atoms with Crippen molar-refractivity contribution in [3.63, 3.8) is 0 Å². The van der Waals surface area contributed by atoms with Crippen molar-refractivity contribution in [2.45, 2.75) is 47.2 Å². The highest BCUT2D eigenvalue weighted by atomic mass is 16.5. The highest BCUT2D eigenvalue weighted by molar-refractivity contribution is 6.04. The highest BCUT2D eigenvalue weighted by Gasteiger charge is 2.36. The molecule has 1 aliphatic carbocycles. The van der Waals surface area contributed by atoms with Gasteiger partial charge in [0.15, 0.2) is 5.78 Å². The molecule has 1 aromatic heterocycles. The Morgan fingerprint density at radius 1 is 1.18 bits per heavy atom. The molecule has 207 valence electrons. The standard InChI is InChI=1S/C26H25N4O2.C5H10.C2H6.H2/c1-2-24(31)19-15-22-26(20-14-18(19)20)23(29-10-12-32-13-11-29)16-25(27-22)30-9-8-21(28-30)17-6-4-3-5-7-17;1-4-5(2)3;1-2;/h3-9,14-16,25,27H,2,10-13H2,1H3;4-5H,1H2,2-3H3;1-2H3;1H. The number of allylic oxidation sites excluding steroid dienone is 1. The Bertz CT molecular complexity index is 1320. The van der Waals surface area contributed by atoms with Crippen LogP contribution in [-0.2, 0) is 4.74 Å². The number of carbonyl (C=O) groups is 1. The zero-order chi connectivity index (χ0) is 27.9. The van der Waals surface area contributed by atoms with E-state index in [1.54, 1.807) is 0 Å². The number of rotatable bonds is 6. The number of benzene rings is 2. The summed E-state index contributed by atoms with van der Waals surface area (Å²) < 4.78 is 7.56. The van der Waals surface area contributed by atoms with Crippen LogP contribution < -0.4 is 5.32 Å². The van der Waals surface area contributed by atoms with E-state index in [1.165, 1.54) is 16.8 Å². The fourth-order valence-corrected chi connectivity index (χ4v) is 4.69. The Morgan fingerprint density at radius 2 is 1.87 bits per heavy atom. The van der Waals surface area contributed by atoms with E-state index in [1.807, 2.05) is 68.1 Å². The van der Waals surface area contributed by atoms with Crippen LogP contribution in [0.3, 0.4) is 0 Å². The molecule has 1 saturated heterocycles. The minimum Gasteiger partial charge on any atom is -0.378 e. The van der Waals surface area contributed by atoms with Gasteiger partial charge < -0.3 is 15.0 Å². The number of ketones is 1. The minimum atomic E-state index is -0.140. The van der Waals surface area contributed by atoms with Gasteiger partial charge >= 0.3 is 0 Å². The molecule has 1 radical (unpaired) electrons. The van der Waals surface area contributed by atoms with Gasteiger partial charge in [0.1, 0.15) is 6.17 Å². The number of nitrogens with zero attached hydrogens (tertiary/aromatic N) is 3. The van der Waals surface area contributed by atoms with Crippen LogP contribution in [0, 0.1) is 12.3 Å². The first-order valence-electron chi connectivity index (χ1n) is 14.1. The first kappa shape index (κ1) is 28.4. The van der Waals surface area contributed by atoms with Crippen molar-refractivity contribution in [3.8, 4) is 11.3 Å². The first-order valence-corrected chi connectivity index (χ1v) is 14.1. The molecular weight excluding hydrogens is 484 g/mol. The molecule has 0 saturated carbocycles. The van der Waals surface area contributed by atoms with Crippen LogP contribution in [0.15, 0.2) is 67.4 Å². The van der Waals surface area contributed by atoms with E-state index in [-0.39, 0.29) is 13.4 Å². The molecule has 1 fully saturated rings. The maximum Gasteiger partial charge on any atom is 0.162 e. The summed E-state index contributed by atoms with van der Waals surface area (Å²) >= 11 is 0. The Hall–Kier alpha value is -3.64. The van der Waals surface area contributed by atoms with E-state index in [0.717, 1.165) is 54.4 Å². The number of morpholine rings is 1. The fourth-order valence-electron chi connectivity index (χ4n) is 4.69. The maximum atomic E-state index is 12.5. The molecule has 6 rings (SSSR count). The predicted molar refractivity (Wildman–Crippen MR) is 163 cm³/mol. The zero-order valence-electron chi connectivity index (χ0n) is 23.9. The monoisotopic (exact) mass is 527 g/mol. The molecule has 3 aromatic rings. The third kappa shape index (κ3) is 6.34. The van der Waals surface area contributed by atoms with Crippen LogP contribution in [-0.4, -0.2) is 46.8 Å². The normalized spacial score (nSPS) is 16.8. The largest absolute Gasteiger partial charge is 0.378 e. The van der Waals surface area contributed by atoms with Crippen molar-refractivity contribution < 1.29 is 11.0 Å². The number of anilines is 1. The molecule has 3 aliphatic rings. The zero-order valence-corrected chi connectivity index (χ0v) is 23.9. The van der Waals surface area contributed by atoms with Gasteiger partial charge in [0.25, 0.3) is 0 Å². The fraction of sp³-hybridized carbons (Fsp3) is 0.364. The lowest BCUT2D eigenvalue weighted by atomic mass is 9.98. The van der Waals surface area contributed by atoms with E-state index in [9.17, 15) is 4.79 Å². The Kier molecular flexibility index (Phi) is 9.41. The highest BCUT2D eigenvalue weighted by Crippen LogP contribution is 2.48. The first-order chi connectivity index (χ1) is 19.0. The molecule has 0 spiro atoms. The van der Waals surface area contributed by atoms with E-state index in [4.69, 9.17) is 9.84 Å². The second kappa shape index (κ2) is 12.9. The Morgan fingerprint density at radius 3 is 2.51 bits per heavy atom. The van der Waals surface area contributed by atoms with E-state index < -0.39 is 0 Å². The average Bonchev–Trinajstić information content (AvgIpc) is 3.65. The number of Topliss-reactive ketones (excluding diaryl/α,β-unsaturated/α-hetero) is 1. The van der Waals surface area contributed by atoms with Crippen LogP contribution in [0.1, 0.15) is 75.7 Å². The van der Waals surface area contributed by atoms with Gasteiger partial charge in [-0.05, 0) is 35.3 Å². The lowest BCUT2D eigenvalue weighted by Crippen LogP contribution is -2.37. The summed E-state index contributed by atoms with van der Waals surface area (Å²) in [6, 6.07) is 14.3. The molecule has 3 heterocycles. The number of fused-ring (bicyclic) bond motifs is 3. The molecule has 39 heavy (non-hydrogen) atoms. The van der Waals surface area contributed by atoms with Crippen molar-refractivity contribution in [2.75, 3.05) is 31.6 Å². The Balaban J connectivity index is 0.000000500. The second-order valence-corrected chi connectivity index (χ2v) is 9.86. The summed E-state index contributed by atoms with van der Waals surface area (Å²) in [6.07, 6.45) is 8.69. The number of carbonyl (C=O) groups excluding carboxylic acids is 1. The summed E-state index contributed by atoms with van der Waals surface area (Å²) in [7, 11) is 0. The van der Waals surface area contributed by atoms with Crippen molar-refractivity contribution in [1.82, 2.24) is 14.7 Å². The smallest absolute Gasteiger partial charge is 0.162 e. The summed E-state index contributed by atoms with van der Waals surface area (Å²) in [4.78, 5) is 14.9. The summed E-state index contributed by atoms with van der Waals surface area (Å²) in [5.41, 5.74) is 8.53. The number of nitrogens with one attached hydrogen (secondary N) is 1. The second-order valence-electron chi connectivity index (χ2n) is 9.86. The summed E-state index contributed by atoms with van der Waals surface area (Å²) in [6.45, 7) is 16.9. The lowest BCUT2D eigenvalue weighted by Gasteiger charge is -2.36. The van der Waals surface area contributed by atoms with Gasteiger partial charge in [-0.15, -0.1) is 6.58 Å². The van der Waals surface area contributed by atoms with Gasteiger partial charge in [-0.3, -0.25) is 4.79 Å². The lowest BCUT2D eigenvalue weighted by molar-refractivity contribution is 0.0637. The molecule has 1 unspecified atom stereocenters. The maximum absolute atomic E-state index is 12.5. The average molecular weight is 528 g/mol. The molecule has 6 nitrogen and oxygen atoms in total. The van der Waals surface area contributed by atoms with Crippen molar-refractivity contribution >= 4 is 17.2 Å². The van der Waals surface area contributed by atoms with Crippen LogP contribution in [0.5, 0.6) is 0 Å². The molecule has 1 atom stereocenters.